The molecule has 0 amide bonds. The van der Waals surface area contributed by atoms with Crippen LogP contribution in [-0.4, -0.2) is 47.7 Å². The summed E-state index contributed by atoms with van der Waals surface area (Å²) in [7, 11) is 0. The molecule has 5 heteroatoms. The van der Waals surface area contributed by atoms with Crippen LogP contribution >= 0.6 is 0 Å². The smallest absolute Gasteiger partial charge is 0.0990 e. The molecule has 0 spiro atoms. The second-order valence-electron chi connectivity index (χ2n) is 6.36. The van der Waals surface area contributed by atoms with Gasteiger partial charge in [-0.15, -0.1) is 0 Å². The molecule has 1 aliphatic heterocycles. The summed E-state index contributed by atoms with van der Waals surface area (Å²) in [4.78, 5) is 0. The lowest BCUT2D eigenvalue weighted by molar-refractivity contribution is -0.00497. The summed E-state index contributed by atoms with van der Waals surface area (Å²) in [6.45, 7) is 1.64. The summed E-state index contributed by atoms with van der Waals surface area (Å²) < 4.78 is 11.3. The molecule has 1 heterocycles. The van der Waals surface area contributed by atoms with Gasteiger partial charge in [-0.3, -0.25) is 0 Å². The van der Waals surface area contributed by atoms with Gasteiger partial charge in [0.25, 0.3) is 0 Å². The van der Waals surface area contributed by atoms with E-state index in [2.05, 4.69) is 5.32 Å². The summed E-state index contributed by atoms with van der Waals surface area (Å²) in [5, 5.41) is 23.6. The van der Waals surface area contributed by atoms with E-state index in [0.717, 1.165) is 11.1 Å². The third-order valence-corrected chi connectivity index (χ3v) is 4.42. The lowest BCUT2D eigenvalue weighted by Gasteiger charge is -2.15. The van der Waals surface area contributed by atoms with Crippen LogP contribution < -0.4 is 5.32 Å². The van der Waals surface area contributed by atoms with Crippen LogP contribution in [0.15, 0.2) is 60.7 Å². The average molecular weight is 343 g/mol. The van der Waals surface area contributed by atoms with Gasteiger partial charge in [-0.05, 0) is 11.1 Å². The zero-order valence-corrected chi connectivity index (χ0v) is 14.1. The molecule has 0 bridgehead atoms. The molecule has 5 nitrogen and oxygen atoms in total. The summed E-state index contributed by atoms with van der Waals surface area (Å²) >= 11 is 0. The van der Waals surface area contributed by atoms with Gasteiger partial charge in [-0.25, -0.2) is 0 Å². The van der Waals surface area contributed by atoms with Crippen LogP contribution in [0.25, 0.3) is 0 Å². The van der Waals surface area contributed by atoms with Crippen molar-refractivity contribution in [3.8, 4) is 0 Å². The normalized spacial score (nSPS) is 26.0. The minimum atomic E-state index is -0.860. The zero-order chi connectivity index (χ0) is 17.5. The molecule has 4 atom stereocenters. The summed E-state index contributed by atoms with van der Waals surface area (Å²) in [6, 6.07) is 19.1. The largest absolute Gasteiger partial charge is 0.389 e. The van der Waals surface area contributed by atoms with Crippen molar-refractivity contribution in [3.05, 3.63) is 71.8 Å². The van der Waals surface area contributed by atoms with Crippen molar-refractivity contribution < 1.29 is 19.7 Å². The van der Waals surface area contributed by atoms with Crippen molar-refractivity contribution in [3.63, 3.8) is 0 Å². The third kappa shape index (κ3) is 5.11. The van der Waals surface area contributed by atoms with Gasteiger partial charge in [0.2, 0.25) is 0 Å². The van der Waals surface area contributed by atoms with Crippen molar-refractivity contribution in [2.24, 2.45) is 0 Å². The number of rotatable bonds is 8. The average Bonchev–Trinajstić information content (AvgIpc) is 2.92. The van der Waals surface area contributed by atoms with E-state index in [0.29, 0.717) is 26.4 Å². The van der Waals surface area contributed by atoms with Crippen LogP contribution in [-0.2, 0) is 22.7 Å². The van der Waals surface area contributed by atoms with Crippen LogP contribution in [0.5, 0.6) is 0 Å². The van der Waals surface area contributed by atoms with E-state index in [1.54, 1.807) is 0 Å². The fraction of sp³-hybridized carbons (Fsp3) is 0.400. The topological polar surface area (TPSA) is 71.0 Å². The predicted octanol–water partition coefficient (Wildman–Crippen LogP) is 1.48. The molecule has 134 valence electrons. The standard InChI is InChI=1S/C20H25NO4/c22-19-17(13-24-11-15-7-3-1-4-8-15)21-18(20(19)23)14-25-12-16-9-5-2-6-10-16/h1-10,17-23H,11-14H2/t17-,18-,19-,20+/m1/s1. The molecule has 2 aromatic rings. The molecule has 0 unspecified atom stereocenters. The lowest BCUT2D eigenvalue weighted by atomic mass is 10.1. The second-order valence-corrected chi connectivity index (χ2v) is 6.36. The molecular formula is C20H25NO4. The Morgan fingerprint density at radius 3 is 1.48 bits per heavy atom. The summed E-state index contributed by atoms with van der Waals surface area (Å²) in [6.07, 6.45) is -1.72. The maximum absolute atomic E-state index is 10.2. The van der Waals surface area contributed by atoms with Crippen molar-refractivity contribution in [2.45, 2.75) is 37.5 Å². The monoisotopic (exact) mass is 343 g/mol. The maximum atomic E-state index is 10.2. The molecule has 3 N–H and O–H groups in total. The predicted molar refractivity (Wildman–Crippen MR) is 94.9 cm³/mol. The molecule has 25 heavy (non-hydrogen) atoms. The number of ether oxygens (including phenoxy) is 2. The van der Waals surface area contributed by atoms with Gasteiger partial charge in [0.1, 0.15) is 0 Å². The van der Waals surface area contributed by atoms with Gasteiger partial charge in [0, 0.05) is 0 Å². The molecule has 0 saturated carbocycles. The molecule has 1 saturated heterocycles. The van der Waals surface area contributed by atoms with E-state index in [-0.39, 0.29) is 12.1 Å². The quantitative estimate of drug-likeness (QED) is 0.677. The number of nitrogens with one attached hydrogen (secondary N) is 1. The Morgan fingerprint density at radius 1 is 0.680 bits per heavy atom. The Kier molecular flexibility index (Phi) is 6.55. The van der Waals surface area contributed by atoms with Crippen molar-refractivity contribution >= 4 is 0 Å². The Hall–Kier alpha value is -1.76. The molecule has 0 aliphatic carbocycles. The van der Waals surface area contributed by atoms with E-state index in [1.807, 2.05) is 60.7 Å². The molecule has 2 aromatic carbocycles. The van der Waals surface area contributed by atoms with Crippen molar-refractivity contribution in [2.75, 3.05) is 13.2 Å². The highest BCUT2D eigenvalue weighted by Gasteiger charge is 2.40. The van der Waals surface area contributed by atoms with Crippen molar-refractivity contribution in [1.29, 1.82) is 0 Å². The minimum Gasteiger partial charge on any atom is -0.389 e. The molecule has 3 rings (SSSR count). The second kappa shape index (κ2) is 9.08. The van der Waals surface area contributed by atoms with Gasteiger partial charge in [0.05, 0.1) is 50.7 Å². The Bertz CT molecular complexity index is 567. The summed E-state index contributed by atoms with van der Waals surface area (Å²) in [5.41, 5.74) is 2.16. The van der Waals surface area contributed by atoms with Crippen LogP contribution in [0.2, 0.25) is 0 Å². The van der Waals surface area contributed by atoms with E-state index < -0.39 is 12.2 Å². The number of hydrogen-bond donors (Lipinski definition) is 3. The minimum absolute atomic E-state index is 0.302. The zero-order valence-electron chi connectivity index (χ0n) is 14.1. The Labute approximate surface area is 148 Å². The number of benzene rings is 2. The fourth-order valence-corrected chi connectivity index (χ4v) is 3.00. The first kappa shape index (κ1) is 18.0. The first-order valence-corrected chi connectivity index (χ1v) is 8.59. The molecular weight excluding hydrogens is 318 g/mol. The highest BCUT2D eigenvalue weighted by Crippen LogP contribution is 2.16. The Morgan fingerprint density at radius 2 is 1.08 bits per heavy atom. The first-order chi connectivity index (χ1) is 12.2. The van der Waals surface area contributed by atoms with E-state index >= 15 is 0 Å². The van der Waals surface area contributed by atoms with Crippen LogP contribution in [0.4, 0.5) is 0 Å². The fourth-order valence-electron chi connectivity index (χ4n) is 3.00. The molecule has 1 fully saturated rings. The SMILES string of the molecule is O[C@@H]1[C@H](O)[C@@H](COCc2ccccc2)N[C@@H]1COCc1ccccc1. The number of hydrogen-bond acceptors (Lipinski definition) is 5. The Balaban J connectivity index is 1.41. The van der Waals surface area contributed by atoms with Gasteiger partial charge in [-0.2, -0.15) is 0 Å². The third-order valence-electron chi connectivity index (χ3n) is 4.42. The van der Waals surface area contributed by atoms with E-state index in [9.17, 15) is 10.2 Å². The van der Waals surface area contributed by atoms with Crippen molar-refractivity contribution in [1.82, 2.24) is 5.32 Å². The van der Waals surface area contributed by atoms with Gasteiger partial charge < -0.3 is 25.0 Å². The van der Waals surface area contributed by atoms with Gasteiger partial charge in [0.15, 0.2) is 0 Å². The number of aliphatic hydroxyl groups excluding tert-OH is 2. The van der Waals surface area contributed by atoms with E-state index in [4.69, 9.17) is 9.47 Å². The molecule has 0 aromatic heterocycles. The van der Waals surface area contributed by atoms with Crippen LogP contribution in [0.1, 0.15) is 11.1 Å². The van der Waals surface area contributed by atoms with E-state index in [1.165, 1.54) is 0 Å². The number of aliphatic hydroxyl groups is 2. The van der Waals surface area contributed by atoms with Crippen LogP contribution in [0, 0.1) is 0 Å². The highest BCUT2D eigenvalue weighted by atomic mass is 16.5. The first-order valence-electron chi connectivity index (χ1n) is 8.59. The van der Waals surface area contributed by atoms with Gasteiger partial charge in [-0.1, -0.05) is 60.7 Å². The maximum Gasteiger partial charge on any atom is 0.0990 e. The highest BCUT2D eigenvalue weighted by molar-refractivity contribution is 5.14. The molecule has 0 radical (unpaired) electrons. The lowest BCUT2D eigenvalue weighted by Crippen LogP contribution is -2.39. The van der Waals surface area contributed by atoms with Gasteiger partial charge >= 0.3 is 0 Å². The van der Waals surface area contributed by atoms with Crippen LogP contribution in [0.3, 0.4) is 0 Å². The molecule has 1 aliphatic rings. The summed E-state index contributed by atoms with van der Waals surface area (Å²) in [5.74, 6) is 0.